The van der Waals surface area contributed by atoms with Gasteiger partial charge in [0.15, 0.2) is 5.11 Å². The molecule has 2 rings (SSSR count). The zero-order chi connectivity index (χ0) is 17.0. The largest absolute Gasteiger partial charge is 0.545 e. The summed E-state index contributed by atoms with van der Waals surface area (Å²) < 4.78 is 0. The van der Waals surface area contributed by atoms with E-state index in [2.05, 4.69) is 10.6 Å². The molecular weight excluding hydrogens is 336 g/mol. The van der Waals surface area contributed by atoms with Gasteiger partial charge in [0.25, 0.3) is 5.91 Å². The van der Waals surface area contributed by atoms with Crippen LogP contribution in [0.2, 0.25) is 5.02 Å². The average Bonchev–Trinajstić information content (AvgIpc) is 2.49. The summed E-state index contributed by atoms with van der Waals surface area (Å²) in [5.74, 6) is -1.70. The molecule has 0 bridgehead atoms. The number of aryl methyl sites for hydroxylation is 1. The molecule has 0 spiro atoms. The van der Waals surface area contributed by atoms with Gasteiger partial charge in [0.2, 0.25) is 0 Å². The number of nitrogens with one attached hydrogen (secondary N) is 2. The van der Waals surface area contributed by atoms with Crippen LogP contribution in [0, 0.1) is 6.92 Å². The van der Waals surface area contributed by atoms with E-state index in [9.17, 15) is 14.7 Å². The van der Waals surface area contributed by atoms with Gasteiger partial charge in [0.05, 0.1) is 16.7 Å². The fourth-order valence-corrected chi connectivity index (χ4v) is 2.27. The van der Waals surface area contributed by atoms with E-state index < -0.39 is 5.97 Å². The third kappa shape index (κ3) is 4.28. The van der Waals surface area contributed by atoms with Gasteiger partial charge in [-0.05, 0) is 48.5 Å². The first-order chi connectivity index (χ1) is 10.9. The number of aromatic carboxylic acids is 1. The van der Waals surface area contributed by atoms with E-state index in [1.807, 2.05) is 19.1 Å². The number of anilines is 1. The molecule has 0 aliphatic carbocycles. The van der Waals surface area contributed by atoms with Crippen LogP contribution in [0.4, 0.5) is 5.69 Å². The maximum Gasteiger partial charge on any atom is 0.257 e. The first-order valence-corrected chi connectivity index (χ1v) is 7.36. The van der Waals surface area contributed by atoms with Crippen LogP contribution in [0.25, 0.3) is 0 Å². The molecule has 0 atom stereocenters. The van der Waals surface area contributed by atoms with E-state index in [1.54, 1.807) is 12.1 Å². The molecule has 118 valence electrons. The summed E-state index contributed by atoms with van der Waals surface area (Å²) in [7, 11) is 0. The minimum Gasteiger partial charge on any atom is -0.545 e. The molecule has 5 nitrogen and oxygen atoms in total. The minimum atomic E-state index is -1.33. The zero-order valence-corrected chi connectivity index (χ0v) is 13.6. The van der Waals surface area contributed by atoms with E-state index in [4.69, 9.17) is 23.8 Å². The lowest BCUT2D eigenvalue weighted by atomic mass is 10.1. The van der Waals surface area contributed by atoms with Gasteiger partial charge in [-0.1, -0.05) is 35.9 Å². The lowest BCUT2D eigenvalue weighted by molar-refractivity contribution is -0.255. The van der Waals surface area contributed by atoms with Crippen molar-refractivity contribution in [3.8, 4) is 0 Å². The maximum atomic E-state index is 12.2. The van der Waals surface area contributed by atoms with Gasteiger partial charge in [-0.15, -0.1) is 0 Å². The molecule has 0 aliphatic rings. The first kappa shape index (κ1) is 16.9. The highest BCUT2D eigenvalue weighted by Crippen LogP contribution is 2.22. The van der Waals surface area contributed by atoms with Gasteiger partial charge in [-0.25, -0.2) is 0 Å². The molecule has 2 aromatic carbocycles. The Labute approximate surface area is 143 Å². The SMILES string of the molecule is Cc1ccccc1C(=O)NC(=S)Nc1cc(C(=O)[O-])ccc1Cl. The summed E-state index contributed by atoms with van der Waals surface area (Å²) in [5, 5.41) is 16.4. The maximum absolute atomic E-state index is 12.2. The van der Waals surface area contributed by atoms with E-state index in [1.165, 1.54) is 18.2 Å². The Bertz CT molecular complexity index is 793. The molecule has 23 heavy (non-hydrogen) atoms. The van der Waals surface area contributed by atoms with Crippen LogP contribution >= 0.6 is 23.8 Å². The lowest BCUT2D eigenvalue weighted by Crippen LogP contribution is -2.34. The lowest BCUT2D eigenvalue weighted by Gasteiger charge is -2.13. The summed E-state index contributed by atoms with van der Waals surface area (Å²) in [6.45, 7) is 1.81. The minimum absolute atomic E-state index is 0.00986. The number of halogens is 1. The predicted octanol–water partition coefficient (Wildman–Crippen LogP) is 2.14. The van der Waals surface area contributed by atoms with E-state index in [-0.39, 0.29) is 27.3 Å². The van der Waals surface area contributed by atoms with Gasteiger partial charge in [-0.2, -0.15) is 0 Å². The van der Waals surface area contributed by atoms with Gasteiger partial charge in [0.1, 0.15) is 0 Å². The standard InChI is InChI=1S/C16H13ClN2O3S/c1-9-4-2-3-5-11(9)14(20)19-16(23)18-13-8-10(15(21)22)6-7-12(13)17/h2-8H,1H3,(H,21,22)(H2,18,19,20,23)/p-1. The third-order valence-electron chi connectivity index (χ3n) is 3.07. The zero-order valence-electron chi connectivity index (χ0n) is 12.1. The van der Waals surface area contributed by atoms with Gasteiger partial charge >= 0.3 is 0 Å². The van der Waals surface area contributed by atoms with Crippen LogP contribution in [0.1, 0.15) is 26.3 Å². The van der Waals surface area contributed by atoms with Crippen molar-refractivity contribution in [2.75, 3.05) is 5.32 Å². The second-order valence-corrected chi connectivity index (χ2v) is 5.52. The predicted molar refractivity (Wildman–Crippen MR) is 90.6 cm³/mol. The van der Waals surface area contributed by atoms with Gasteiger partial charge < -0.3 is 15.2 Å². The summed E-state index contributed by atoms with van der Waals surface area (Å²) in [5.41, 5.74) is 1.52. The number of carbonyl (C=O) groups excluding carboxylic acids is 2. The first-order valence-electron chi connectivity index (χ1n) is 6.57. The number of hydrogen-bond donors (Lipinski definition) is 2. The molecule has 0 saturated carbocycles. The van der Waals surface area contributed by atoms with Crippen molar-refractivity contribution >= 4 is 46.5 Å². The topological polar surface area (TPSA) is 81.3 Å². The normalized spacial score (nSPS) is 10.0. The number of hydrogen-bond acceptors (Lipinski definition) is 4. The molecule has 2 N–H and O–H groups in total. The molecule has 1 amide bonds. The number of amides is 1. The third-order valence-corrected chi connectivity index (χ3v) is 3.60. The van der Waals surface area contributed by atoms with Crippen LogP contribution < -0.4 is 15.7 Å². The van der Waals surface area contributed by atoms with E-state index in [0.29, 0.717) is 5.56 Å². The molecule has 0 heterocycles. The van der Waals surface area contributed by atoms with Crippen LogP contribution in [0.5, 0.6) is 0 Å². The Hall–Kier alpha value is -2.44. The summed E-state index contributed by atoms with van der Waals surface area (Å²) in [4.78, 5) is 23.0. The Morgan fingerprint density at radius 1 is 1.17 bits per heavy atom. The number of benzene rings is 2. The fourth-order valence-electron chi connectivity index (χ4n) is 1.90. The fraction of sp³-hybridized carbons (Fsp3) is 0.0625. The molecule has 0 fully saturated rings. The van der Waals surface area contributed by atoms with Crippen molar-refractivity contribution in [1.82, 2.24) is 5.32 Å². The number of rotatable bonds is 3. The molecule has 0 saturated heterocycles. The Morgan fingerprint density at radius 3 is 2.52 bits per heavy atom. The second-order valence-electron chi connectivity index (χ2n) is 4.71. The van der Waals surface area contributed by atoms with Crippen molar-refractivity contribution in [1.29, 1.82) is 0 Å². The molecule has 7 heteroatoms. The van der Waals surface area contributed by atoms with Crippen molar-refractivity contribution in [2.24, 2.45) is 0 Å². The Kier molecular flexibility index (Phi) is 5.31. The number of carboxylic acids is 1. The highest BCUT2D eigenvalue weighted by Gasteiger charge is 2.11. The molecular formula is C16H12ClN2O3S-. The number of carbonyl (C=O) groups is 2. The van der Waals surface area contributed by atoms with Crippen molar-refractivity contribution in [3.05, 3.63) is 64.2 Å². The van der Waals surface area contributed by atoms with Crippen molar-refractivity contribution < 1.29 is 14.7 Å². The number of carboxylic acid groups (broad SMARTS) is 1. The van der Waals surface area contributed by atoms with E-state index >= 15 is 0 Å². The Morgan fingerprint density at radius 2 is 1.87 bits per heavy atom. The smallest absolute Gasteiger partial charge is 0.257 e. The average molecular weight is 348 g/mol. The molecule has 0 aliphatic heterocycles. The van der Waals surface area contributed by atoms with Crippen LogP contribution in [-0.4, -0.2) is 17.0 Å². The van der Waals surface area contributed by atoms with Crippen molar-refractivity contribution in [3.63, 3.8) is 0 Å². The second kappa shape index (κ2) is 7.21. The monoisotopic (exact) mass is 347 g/mol. The summed E-state index contributed by atoms with van der Waals surface area (Å²) in [6, 6.07) is 11.1. The highest BCUT2D eigenvalue weighted by molar-refractivity contribution is 7.80. The van der Waals surface area contributed by atoms with Crippen LogP contribution in [-0.2, 0) is 0 Å². The highest BCUT2D eigenvalue weighted by atomic mass is 35.5. The van der Waals surface area contributed by atoms with Gasteiger partial charge in [-0.3, -0.25) is 10.1 Å². The summed E-state index contributed by atoms with van der Waals surface area (Å²) in [6.07, 6.45) is 0. The number of thiocarbonyl (C=S) groups is 1. The molecule has 0 unspecified atom stereocenters. The van der Waals surface area contributed by atoms with Crippen LogP contribution in [0.15, 0.2) is 42.5 Å². The van der Waals surface area contributed by atoms with Crippen molar-refractivity contribution in [2.45, 2.75) is 6.92 Å². The molecule has 2 aromatic rings. The van der Waals surface area contributed by atoms with Crippen LogP contribution in [0.3, 0.4) is 0 Å². The Balaban J connectivity index is 2.11. The van der Waals surface area contributed by atoms with E-state index in [0.717, 1.165) is 5.56 Å². The molecule has 0 radical (unpaired) electrons. The van der Waals surface area contributed by atoms with Gasteiger partial charge in [0, 0.05) is 5.56 Å². The summed E-state index contributed by atoms with van der Waals surface area (Å²) >= 11 is 11.0. The molecule has 0 aromatic heterocycles. The quantitative estimate of drug-likeness (QED) is 0.831.